The van der Waals surface area contributed by atoms with Gasteiger partial charge in [-0.3, -0.25) is 10.1 Å². The molecule has 1 N–H and O–H groups in total. The minimum atomic E-state index is -0.141. The van der Waals surface area contributed by atoms with E-state index >= 15 is 0 Å². The molecule has 0 aromatic rings. The highest BCUT2D eigenvalue weighted by molar-refractivity contribution is 5.91. The highest BCUT2D eigenvalue weighted by Gasteiger charge is 2.59. The topological polar surface area (TPSA) is 32.3 Å². The Morgan fingerprint density at radius 3 is 2.40 bits per heavy atom. The minimum Gasteiger partial charge on any atom is -0.325 e. The number of hydrogen-bond donors (Lipinski definition) is 1. The lowest BCUT2D eigenvalue weighted by molar-refractivity contribution is -0.132. The Balaban J connectivity index is 1.75. The second-order valence-electron chi connectivity index (χ2n) is 7.89. The molecule has 2 saturated carbocycles. The van der Waals surface area contributed by atoms with Crippen LogP contribution in [-0.2, 0) is 4.79 Å². The maximum absolute atomic E-state index is 12.7. The SMILES string of the molecule is CCC1NC2(CC2)C(=O)N1CC1(CC(C)C)CCCC1. The van der Waals surface area contributed by atoms with Gasteiger partial charge in [0, 0.05) is 6.54 Å². The van der Waals surface area contributed by atoms with E-state index in [1.165, 1.54) is 32.1 Å². The molecule has 2 aliphatic carbocycles. The van der Waals surface area contributed by atoms with E-state index in [0.717, 1.165) is 31.7 Å². The third-order valence-corrected chi connectivity index (χ3v) is 5.64. The summed E-state index contributed by atoms with van der Waals surface area (Å²) in [6, 6.07) is 0. The number of nitrogens with one attached hydrogen (secondary N) is 1. The Labute approximate surface area is 123 Å². The fourth-order valence-electron chi connectivity index (χ4n) is 4.64. The number of amides is 1. The third-order valence-electron chi connectivity index (χ3n) is 5.64. The number of nitrogens with zero attached hydrogens (tertiary/aromatic N) is 1. The van der Waals surface area contributed by atoms with Crippen molar-refractivity contribution < 1.29 is 4.79 Å². The van der Waals surface area contributed by atoms with Crippen molar-refractivity contribution in [3.63, 3.8) is 0 Å². The monoisotopic (exact) mass is 278 g/mol. The predicted molar refractivity (Wildman–Crippen MR) is 81.2 cm³/mol. The van der Waals surface area contributed by atoms with Crippen molar-refractivity contribution in [2.24, 2.45) is 11.3 Å². The van der Waals surface area contributed by atoms with E-state index in [4.69, 9.17) is 0 Å². The van der Waals surface area contributed by atoms with Crippen molar-refractivity contribution in [2.75, 3.05) is 6.54 Å². The van der Waals surface area contributed by atoms with Crippen LogP contribution in [0.15, 0.2) is 0 Å². The largest absolute Gasteiger partial charge is 0.325 e. The zero-order chi connectivity index (χ0) is 14.4. The standard InChI is InChI=1S/C17H30N2O/c1-4-14-18-17(9-10-17)15(20)19(14)12-16(11-13(2)3)7-5-6-8-16/h13-14,18H,4-12H2,1-3H3. The van der Waals surface area contributed by atoms with Crippen LogP contribution in [0.1, 0.15) is 72.1 Å². The lowest BCUT2D eigenvalue weighted by Gasteiger charge is -2.37. The van der Waals surface area contributed by atoms with E-state index in [0.29, 0.717) is 11.3 Å². The van der Waals surface area contributed by atoms with Crippen LogP contribution in [-0.4, -0.2) is 29.1 Å². The normalized spacial score (nSPS) is 30.7. The molecule has 1 saturated heterocycles. The van der Waals surface area contributed by atoms with Crippen molar-refractivity contribution in [1.29, 1.82) is 0 Å². The summed E-state index contributed by atoms with van der Waals surface area (Å²) in [4.78, 5) is 14.9. The molecule has 20 heavy (non-hydrogen) atoms. The van der Waals surface area contributed by atoms with Gasteiger partial charge in [0.2, 0.25) is 5.91 Å². The van der Waals surface area contributed by atoms with Gasteiger partial charge in [0.15, 0.2) is 0 Å². The minimum absolute atomic E-state index is 0.141. The maximum Gasteiger partial charge on any atom is 0.244 e. The van der Waals surface area contributed by atoms with Crippen LogP contribution < -0.4 is 5.32 Å². The van der Waals surface area contributed by atoms with Crippen molar-refractivity contribution in [1.82, 2.24) is 10.2 Å². The van der Waals surface area contributed by atoms with Gasteiger partial charge < -0.3 is 4.90 Å². The van der Waals surface area contributed by atoms with Gasteiger partial charge in [-0.25, -0.2) is 0 Å². The van der Waals surface area contributed by atoms with Gasteiger partial charge in [0.25, 0.3) is 0 Å². The smallest absolute Gasteiger partial charge is 0.244 e. The molecule has 3 heteroatoms. The van der Waals surface area contributed by atoms with E-state index < -0.39 is 0 Å². The molecular formula is C17H30N2O. The Morgan fingerprint density at radius 1 is 1.25 bits per heavy atom. The van der Waals surface area contributed by atoms with E-state index in [-0.39, 0.29) is 11.7 Å². The molecule has 0 bridgehead atoms. The van der Waals surface area contributed by atoms with E-state index in [1.54, 1.807) is 0 Å². The molecule has 3 aliphatic rings. The average molecular weight is 278 g/mol. The van der Waals surface area contributed by atoms with Crippen LogP contribution in [0, 0.1) is 11.3 Å². The van der Waals surface area contributed by atoms with Crippen LogP contribution in [0.4, 0.5) is 0 Å². The molecule has 0 aromatic carbocycles. The van der Waals surface area contributed by atoms with Gasteiger partial charge in [-0.15, -0.1) is 0 Å². The molecule has 1 heterocycles. The number of carbonyl (C=O) groups is 1. The van der Waals surface area contributed by atoms with E-state index in [1.807, 2.05) is 0 Å². The van der Waals surface area contributed by atoms with Gasteiger partial charge in [-0.1, -0.05) is 33.6 Å². The number of hydrogen-bond acceptors (Lipinski definition) is 2. The second kappa shape index (κ2) is 5.01. The van der Waals surface area contributed by atoms with Gasteiger partial charge in [0.1, 0.15) is 0 Å². The van der Waals surface area contributed by atoms with E-state index in [9.17, 15) is 4.79 Å². The first kappa shape index (κ1) is 14.4. The Bertz CT molecular complexity index is 380. The summed E-state index contributed by atoms with van der Waals surface area (Å²) >= 11 is 0. The molecule has 3 rings (SSSR count). The van der Waals surface area contributed by atoms with Crippen molar-refractivity contribution in [3.8, 4) is 0 Å². The average Bonchev–Trinajstić information content (AvgIpc) is 2.97. The zero-order valence-electron chi connectivity index (χ0n) is 13.4. The number of rotatable bonds is 5. The summed E-state index contributed by atoms with van der Waals surface area (Å²) in [7, 11) is 0. The molecule has 0 aromatic heterocycles. The maximum atomic E-state index is 12.7. The summed E-state index contributed by atoms with van der Waals surface area (Å²) in [5, 5.41) is 3.61. The molecule has 1 aliphatic heterocycles. The summed E-state index contributed by atoms with van der Waals surface area (Å²) < 4.78 is 0. The van der Waals surface area contributed by atoms with Gasteiger partial charge >= 0.3 is 0 Å². The Hall–Kier alpha value is -0.570. The fraction of sp³-hybridized carbons (Fsp3) is 0.941. The highest BCUT2D eigenvalue weighted by Crippen LogP contribution is 2.48. The van der Waals surface area contributed by atoms with Crippen LogP contribution in [0.5, 0.6) is 0 Å². The first-order valence-corrected chi connectivity index (χ1v) is 8.59. The number of carbonyl (C=O) groups excluding carboxylic acids is 1. The summed E-state index contributed by atoms with van der Waals surface area (Å²) in [6.45, 7) is 7.84. The van der Waals surface area contributed by atoms with Crippen molar-refractivity contribution in [3.05, 3.63) is 0 Å². The quantitative estimate of drug-likeness (QED) is 0.837. The molecule has 3 nitrogen and oxygen atoms in total. The van der Waals surface area contributed by atoms with Crippen molar-refractivity contribution >= 4 is 5.91 Å². The van der Waals surface area contributed by atoms with E-state index in [2.05, 4.69) is 31.0 Å². The van der Waals surface area contributed by atoms with Gasteiger partial charge in [-0.2, -0.15) is 0 Å². The summed E-state index contributed by atoms with van der Waals surface area (Å²) in [5.41, 5.74) is 0.262. The second-order valence-corrected chi connectivity index (χ2v) is 7.89. The van der Waals surface area contributed by atoms with Crippen LogP contribution in [0.25, 0.3) is 0 Å². The lowest BCUT2D eigenvalue weighted by Crippen LogP contribution is -2.44. The molecule has 1 spiro atoms. The zero-order valence-corrected chi connectivity index (χ0v) is 13.4. The van der Waals surface area contributed by atoms with Crippen LogP contribution >= 0.6 is 0 Å². The molecule has 1 unspecified atom stereocenters. The lowest BCUT2D eigenvalue weighted by atomic mass is 9.78. The predicted octanol–water partition coefficient (Wildman–Crippen LogP) is 3.29. The molecule has 3 fully saturated rings. The molecule has 0 radical (unpaired) electrons. The Kier molecular flexibility index (Phi) is 3.60. The summed E-state index contributed by atoms with van der Waals surface area (Å²) in [6.07, 6.45) is 10.0. The fourth-order valence-corrected chi connectivity index (χ4v) is 4.64. The van der Waals surface area contributed by atoms with Gasteiger partial charge in [-0.05, 0) is 49.9 Å². The summed E-state index contributed by atoms with van der Waals surface area (Å²) in [5.74, 6) is 1.13. The van der Waals surface area contributed by atoms with Crippen LogP contribution in [0.2, 0.25) is 0 Å². The van der Waals surface area contributed by atoms with Gasteiger partial charge in [0.05, 0.1) is 11.7 Å². The molecular weight excluding hydrogens is 248 g/mol. The first-order chi connectivity index (χ1) is 9.50. The molecule has 1 atom stereocenters. The molecule has 114 valence electrons. The molecule has 1 amide bonds. The van der Waals surface area contributed by atoms with Crippen molar-refractivity contribution in [2.45, 2.75) is 83.8 Å². The third kappa shape index (κ3) is 2.38. The van der Waals surface area contributed by atoms with Crippen LogP contribution in [0.3, 0.4) is 0 Å². The Morgan fingerprint density at radius 2 is 1.90 bits per heavy atom. The first-order valence-electron chi connectivity index (χ1n) is 8.59. The highest BCUT2D eigenvalue weighted by atomic mass is 16.2.